The van der Waals surface area contributed by atoms with Crippen LogP contribution in [0, 0.1) is 13.8 Å². The summed E-state index contributed by atoms with van der Waals surface area (Å²) in [5.74, 6) is 0.0403. The minimum atomic E-state index is 0.0403. The number of unbranched alkanes of at least 4 members (excludes halogenated alkanes) is 1. The molecule has 0 radical (unpaired) electrons. The Hall–Kier alpha value is -2.14. The summed E-state index contributed by atoms with van der Waals surface area (Å²) in [6.07, 6.45) is 4.08. The van der Waals surface area contributed by atoms with Crippen LogP contribution in [-0.4, -0.2) is 29.2 Å². The summed E-state index contributed by atoms with van der Waals surface area (Å²) in [5, 5.41) is 2.91. The highest BCUT2D eigenvalue weighted by atomic mass is 16.5. The Bertz CT molecular complexity index is 617. The molecule has 5 nitrogen and oxygen atoms in total. The molecule has 1 aromatic carbocycles. The lowest BCUT2D eigenvalue weighted by molar-refractivity contribution is -0.116. The summed E-state index contributed by atoms with van der Waals surface area (Å²) in [6.45, 7) is 4.73. The van der Waals surface area contributed by atoms with Gasteiger partial charge in [-0.05, 0) is 51.0 Å². The van der Waals surface area contributed by atoms with E-state index in [0.29, 0.717) is 13.0 Å². The number of methoxy groups -OCH3 is 1. The first-order chi connectivity index (χ1) is 10.6. The molecule has 1 N–H and O–H groups in total. The average molecular weight is 301 g/mol. The van der Waals surface area contributed by atoms with Crippen LogP contribution in [0.25, 0.3) is 5.69 Å². The molecular formula is C17H23N3O2. The fourth-order valence-corrected chi connectivity index (χ4v) is 2.22. The predicted molar refractivity (Wildman–Crippen MR) is 87.4 cm³/mol. The topological polar surface area (TPSA) is 56.1 Å². The summed E-state index contributed by atoms with van der Waals surface area (Å²) in [4.78, 5) is 16.1. The van der Waals surface area contributed by atoms with Gasteiger partial charge in [0.1, 0.15) is 0 Å². The number of rotatable bonds is 7. The molecule has 5 heteroatoms. The summed E-state index contributed by atoms with van der Waals surface area (Å²) < 4.78 is 7.00. The molecule has 2 aromatic rings. The predicted octanol–water partition coefficient (Wildman–Crippen LogP) is 3.24. The molecule has 118 valence electrons. The van der Waals surface area contributed by atoms with Crippen molar-refractivity contribution in [2.75, 3.05) is 19.0 Å². The molecule has 1 amide bonds. The van der Waals surface area contributed by atoms with Crippen LogP contribution < -0.4 is 5.32 Å². The van der Waals surface area contributed by atoms with Gasteiger partial charge in [-0.1, -0.05) is 0 Å². The number of carbonyl (C=O) groups is 1. The molecule has 0 spiro atoms. The van der Waals surface area contributed by atoms with Crippen LogP contribution in [0.1, 0.15) is 30.7 Å². The Balaban J connectivity index is 1.92. The minimum absolute atomic E-state index is 0.0403. The lowest BCUT2D eigenvalue weighted by atomic mass is 10.2. The minimum Gasteiger partial charge on any atom is -0.385 e. The maximum atomic E-state index is 11.8. The van der Waals surface area contributed by atoms with Crippen molar-refractivity contribution in [1.29, 1.82) is 0 Å². The molecular weight excluding hydrogens is 278 g/mol. The summed E-state index contributed by atoms with van der Waals surface area (Å²) in [7, 11) is 1.67. The molecule has 22 heavy (non-hydrogen) atoms. The number of carbonyl (C=O) groups excluding carboxylic acids is 1. The van der Waals surface area contributed by atoms with Gasteiger partial charge in [0.2, 0.25) is 5.91 Å². The van der Waals surface area contributed by atoms with Crippen LogP contribution in [-0.2, 0) is 9.53 Å². The highest BCUT2D eigenvalue weighted by Crippen LogP contribution is 2.17. The van der Waals surface area contributed by atoms with Crippen molar-refractivity contribution in [2.45, 2.75) is 33.1 Å². The van der Waals surface area contributed by atoms with Gasteiger partial charge in [-0.15, -0.1) is 0 Å². The van der Waals surface area contributed by atoms with Gasteiger partial charge in [-0.3, -0.25) is 4.79 Å². The van der Waals surface area contributed by atoms with Crippen LogP contribution >= 0.6 is 0 Å². The van der Waals surface area contributed by atoms with Crippen molar-refractivity contribution >= 4 is 11.6 Å². The fourth-order valence-electron chi connectivity index (χ4n) is 2.22. The zero-order valence-corrected chi connectivity index (χ0v) is 13.4. The van der Waals surface area contributed by atoms with E-state index in [1.54, 1.807) is 7.11 Å². The molecule has 0 saturated carbocycles. The molecule has 0 aliphatic carbocycles. The average Bonchev–Trinajstić information content (AvgIpc) is 2.84. The van der Waals surface area contributed by atoms with Crippen molar-refractivity contribution < 1.29 is 9.53 Å². The van der Waals surface area contributed by atoms with Gasteiger partial charge in [0.15, 0.2) is 0 Å². The highest BCUT2D eigenvalue weighted by molar-refractivity contribution is 5.90. The number of benzene rings is 1. The van der Waals surface area contributed by atoms with Crippen molar-refractivity contribution in [3.63, 3.8) is 0 Å². The Morgan fingerprint density at radius 1 is 1.23 bits per heavy atom. The van der Waals surface area contributed by atoms with Gasteiger partial charge < -0.3 is 14.6 Å². The molecule has 0 bridgehead atoms. The van der Waals surface area contributed by atoms with E-state index < -0.39 is 0 Å². The number of hydrogen-bond donors (Lipinski definition) is 1. The van der Waals surface area contributed by atoms with E-state index in [4.69, 9.17) is 4.74 Å². The summed E-state index contributed by atoms with van der Waals surface area (Å²) in [5.41, 5.74) is 3.99. The van der Waals surface area contributed by atoms with Gasteiger partial charge >= 0.3 is 0 Å². The number of nitrogens with zero attached hydrogens (tertiary/aromatic N) is 2. The first kappa shape index (κ1) is 16.2. The molecule has 2 rings (SSSR count). The van der Waals surface area contributed by atoms with E-state index in [1.165, 1.54) is 0 Å². The van der Waals surface area contributed by atoms with Gasteiger partial charge in [-0.25, -0.2) is 4.98 Å². The maximum Gasteiger partial charge on any atom is 0.224 e. The zero-order chi connectivity index (χ0) is 15.9. The maximum absolute atomic E-state index is 11.8. The van der Waals surface area contributed by atoms with Gasteiger partial charge in [0.05, 0.1) is 12.0 Å². The first-order valence-corrected chi connectivity index (χ1v) is 7.51. The molecule has 0 aliphatic heterocycles. The molecule has 1 heterocycles. The van der Waals surface area contributed by atoms with Gasteiger partial charge in [0.25, 0.3) is 0 Å². The largest absolute Gasteiger partial charge is 0.385 e. The number of aromatic nitrogens is 2. The molecule has 0 atom stereocenters. The van der Waals surface area contributed by atoms with E-state index in [1.807, 2.05) is 49.0 Å². The van der Waals surface area contributed by atoms with Crippen molar-refractivity contribution in [3.05, 3.63) is 42.0 Å². The Kier molecular flexibility index (Phi) is 5.72. The van der Waals surface area contributed by atoms with Crippen molar-refractivity contribution in [2.24, 2.45) is 0 Å². The third-order valence-corrected chi connectivity index (χ3v) is 3.68. The Labute approximate surface area is 131 Å². The molecule has 0 saturated heterocycles. The zero-order valence-electron chi connectivity index (χ0n) is 13.4. The fraction of sp³-hybridized carbons (Fsp3) is 0.412. The normalized spacial score (nSPS) is 10.7. The van der Waals surface area contributed by atoms with Gasteiger partial charge in [-0.2, -0.15) is 0 Å². The second kappa shape index (κ2) is 7.75. The van der Waals surface area contributed by atoms with Crippen molar-refractivity contribution in [3.8, 4) is 5.69 Å². The van der Waals surface area contributed by atoms with E-state index >= 15 is 0 Å². The number of nitrogens with one attached hydrogen (secondary N) is 1. The molecule has 1 aromatic heterocycles. The standard InChI is InChI=1S/C17H23N3O2/c1-13-14(2)20(12-18-13)16-9-7-15(8-10-16)19-17(21)6-4-5-11-22-3/h7-10,12H,4-6,11H2,1-3H3,(H,19,21). The van der Waals surface area contributed by atoms with Gasteiger partial charge in [0, 0.05) is 37.2 Å². The first-order valence-electron chi connectivity index (χ1n) is 7.51. The van der Waals surface area contributed by atoms with Crippen LogP contribution in [0.2, 0.25) is 0 Å². The highest BCUT2D eigenvalue weighted by Gasteiger charge is 2.05. The SMILES string of the molecule is COCCCCC(=O)Nc1ccc(-n2cnc(C)c2C)cc1. The molecule has 0 unspecified atom stereocenters. The smallest absolute Gasteiger partial charge is 0.224 e. The third-order valence-electron chi connectivity index (χ3n) is 3.68. The van der Waals surface area contributed by atoms with E-state index in [0.717, 1.165) is 35.6 Å². The van der Waals surface area contributed by atoms with E-state index in [2.05, 4.69) is 10.3 Å². The van der Waals surface area contributed by atoms with Crippen LogP contribution in [0.3, 0.4) is 0 Å². The number of amides is 1. The monoisotopic (exact) mass is 301 g/mol. The quantitative estimate of drug-likeness (QED) is 0.799. The van der Waals surface area contributed by atoms with E-state index in [9.17, 15) is 4.79 Å². The third kappa shape index (κ3) is 4.18. The number of aryl methyl sites for hydroxylation is 1. The lowest BCUT2D eigenvalue weighted by Crippen LogP contribution is -2.11. The molecule has 0 aliphatic rings. The molecule has 0 fully saturated rings. The van der Waals surface area contributed by atoms with Crippen molar-refractivity contribution in [1.82, 2.24) is 9.55 Å². The Morgan fingerprint density at radius 2 is 1.95 bits per heavy atom. The summed E-state index contributed by atoms with van der Waals surface area (Å²) in [6, 6.07) is 7.79. The van der Waals surface area contributed by atoms with Crippen LogP contribution in [0.4, 0.5) is 5.69 Å². The Morgan fingerprint density at radius 3 is 2.55 bits per heavy atom. The number of hydrogen-bond acceptors (Lipinski definition) is 3. The number of imidazole rings is 1. The number of anilines is 1. The number of ether oxygens (including phenoxy) is 1. The van der Waals surface area contributed by atoms with E-state index in [-0.39, 0.29) is 5.91 Å². The van der Waals surface area contributed by atoms with Crippen LogP contribution in [0.5, 0.6) is 0 Å². The lowest BCUT2D eigenvalue weighted by Gasteiger charge is -2.08. The summed E-state index contributed by atoms with van der Waals surface area (Å²) >= 11 is 0. The van der Waals surface area contributed by atoms with Crippen LogP contribution in [0.15, 0.2) is 30.6 Å². The second-order valence-corrected chi connectivity index (χ2v) is 5.33. The second-order valence-electron chi connectivity index (χ2n) is 5.33.